The first kappa shape index (κ1) is 15.1. The Labute approximate surface area is 142 Å². The lowest BCUT2D eigenvalue weighted by Crippen LogP contribution is -2.51. The summed E-state index contributed by atoms with van der Waals surface area (Å²) in [6.07, 6.45) is 1.61. The maximum atomic E-state index is 12.9. The van der Waals surface area contributed by atoms with Crippen molar-refractivity contribution < 1.29 is 9.21 Å². The molecule has 1 fully saturated rings. The summed E-state index contributed by atoms with van der Waals surface area (Å²) in [6, 6.07) is 3.77. The molecule has 0 atom stereocenters. The number of carbonyl (C=O) groups is 1. The van der Waals surface area contributed by atoms with E-state index in [2.05, 4.69) is 4.98 Å². The zero-order valence-electron chi connectivity index (χ0n) is 13.5. The van der Waals surface area contributed by atoms with Crippen LogP contribution in [0.1, 0.15) is 12.7 Å². The average Bonchev–Trinajstić information content (AvgIpc) is 3.10. The molecule has 6 nitrogen and oxygen atoms in total. The lowest BCUT2D eigenvalue weighted by molar-refractivity contribution is -0.135. The van der Waals surface area contributed by atoms with Gasteiger partial charge in [-0.25, -0.2) is 4.98 Å². The van der Waals surface area contributed by atoms with Crippen molar-refractivity contribution >= 4 is 27.5 Å². The number of nitrogens with zero attached hydrogens (tertiary/aromatic N) is 3. The molecule has 0 aromatic carbocycles. The predicted octanol–water partition coefficient (Wildman–Crippen LogP) is 2.50. The van der Waals surface area contributed by atoms with Gasteiger partial charge in [-0.1, -0.05) is 0 Å². The van der Waals surface area contributed by atoms with E-state index < -0.39 is 0 Å². The fourth-order valence-corrected chi connectivity index (χ4v) is 3.97. The average molecular weight is 343 g/mol. The molecule has 24 heavy (non-hydrogen) atoms. The first-order valence-corrected chi connectivity index (χ1v) is 8.70. The number of fused-ring (bicyclic) bond motifs is 1. The molecular formula is C17H17N3O3S. The second-order valence-electron chi connectivity index (χ2n) is 6.23. The van der Waals surface area contributed by atoms with Crippen LogP contribution < -0.4 is 5.56 Å². The van der Waals surface area contributed by atoms with Gasteiger partial charge in [0.15, 0.2) is 0 Å². The SMILES string of the molecule is CC(=O)N1CC(Cn2cnc3scc(-c4ccc(C)o4)c3c2=O)C1. The first-order valence-electron chi connectivity index (χ1n) is 7.82. The number of hydrogen-bond donors (Lipinski definition) is 0. The van der Waals surface area contributed by atoms with Crippen molar-refractivity contribution in [3.05, 3.63) is 40.0 Å². The standard InChI is InChI=1S/C17H17N3O3S/c1-10-3-4-14(23-10)13-8-24-16-15(13)17(22)20(9-18-16)7-12-5-19(6-12)11(2)21/h3-4,8-9,12H,5-7H2,1-2H3. The quantitative estimate of drug-likeness (QED) is 0.733. The number of thiophene rings is 1. The van der Waals surface area contributed by atoms with Gasteiger partial charge in [-0.2, -0.15) is 0 Å². The third-order valence-electron chi connectivity index (χ3n) is 4.42. The summed E-state index contributed by atoms with van der Waals surface area (Å²) in [6.45, 7) is 5.43. The van der Waals surface area contributed by atoms with Crippen LogP contribution in [0.2, 0.25) is 0 Å². The third-order valence-corrected chi connectivity index (χ3v) is 5.31. The normalized spacial score (nSPS) is 15.0. The van der Waals surface area contributed by atoms with Crippen LogP contribution in [-0.2, 0) is 11.3 Å². The molecule has 0 bridgehead atoms. The monoisotopic (exact) mass is 343 g/mol. The highest BCUT2D eigenvalue weighted by Crippen LogP contribution is 2.31. The largest absolute Gasteiger partial charge is 0.461 e. The smallest absolute Gasteiger partial charge is 0.262 e. The Hall–Kier alpha value is -2.41. The number of furan rings is 1. The Morgan fingerprint density at radius 1 is 1.42 bits per heavy atom. The summed E-state index contributed by atoms with van der Waals surface area (Å²) in [4.78, 5) is 31.1. The topological polar surface area (TPSA) is 68.3 Å². The van der Waals surface area contributed by atoms with E-state index in [1.165, 1.54) is 11.3 Å². The second kappa shape index (κ2) is 5.59. The van der Waals surface area contributed by atoms with E-state index in [4.69, 9.17) is 4.42 Å². The lowest BCUT2D eigenvalue weighted by Gasteiger charge is -2.38. The molecule has 0 spiro atoms. The van der Waals surface area contributed by atoms with E-state index in [0.29, 0.717) is 36.7 Å². The zero-order chi connectivity index (χ0) is 16.8. The molecule has 4 heterocycles. The van der Waals surface area contributed by atoms with Crippen molar-refractivity contribution in [2.75, 3.05) is 13.1 Å². The number of rotatable bonds is 3. The third kappa shape index (κ3) is 2.45. The lowest BCUT2D eigenvalue weighted by atomic mass is 10.00. The van der Waals surface area contributed by atoms with E-state index in [0.717, 1.165) is 16.2 Å². The number of carbonyl (C=O) groups excluding carboxylic acids is 1. The molecule has 1 amide bonds. The van der Waals surface area contributed by atoms with Crippen molar-refractivity contribution in [3.8, 4) is 11.3 Å². The molecule has 0 aliphatic carbocycles. The molecule has 4 rings (SSSR count). The molecule has 3 aromatic heterocycles. The Balaban J connectivity index is 1.67. The van der Waals surface area contributed by atoms with Crippen LogP contribution >= 0.6 is 11.3 Å². The zero-order valence-corrected chi connectivity index (χ0v) is 14.3. The van der Waals surface area contributed by atoms with E-state index in [1.807, 2.05) is 24.4 Å². The number of aryl methyl sites for hydroxylation is 1. The van der Waals surface area contributed by atoms with Gasteiger partial charge in [0, 0.05) is 43.4 Å². The van der Waals surface area contributed by atoms with Gasteiger partial charge in [-0.05, 0) is 19.1 Å². The van der Waals surface area contributed by atoms with Gasteiger partial charge in [-0.3, -0.25) is 14.2 Å². The summed E-state index contributed by atoms with van der Waals surface area (Å²) in [7, 11) is 0. The van der Waals surface area contributed by atoms with E-state index in [9.17, 15) is 9.59 Å². The minimum absolute atomic E-state index is 0.0495. The maximum absolute atomic E-state index is 12.9. The summed E-state index contributed by atoms with van der Waals surface area (Å²) in [5.74, 6) is 1.90. The highest BCUT2D eigenvalue weighted by atomic mass is 32.1. The molecule has 1 saturated heterocycles. The van der Waals surface area contributed by atoms with Gasteiger partial charge < -0.3 is 9.32 Å². The Kier molecular flexibility index (Phi) is 3.53. The van der Waals surface area contributed by atoms with Gasteiger partial charge in [0.2, 0.25) is 5.91 Å². The summed E-state index contributed by atoms with van der Waals surface area (Å²) in [5, 5.41) is 2.53. The van der Waals surface area contributed by atoms with Crippen LogP contribution in [0.15, 0.2) is 33.1 Å². The molecular weight excluding hydrogens is 326 g/mol. The van der Waals surface area contributed by atoms with E-state index in [1.54, 1.807) is 22.7 Å². The molecule has 1 aliphatic rings. The fourth-order valence-electron chi connectivity index (χ4n) is 3.08. The molecule has 0 N–H and O–H groups in total. The highest BCUT2D eigenvalue weighted by molar-refractivity contribution is 7.17. The molecule has 0 radical (unpaired) electrons. The maximum Gasteiger partial charge on any atom is 0.262 e. The van der Waals surface area contributed by atoms with Gasteiger partial charge >= 0.3 is 0 Å². The van der Waals surface area contributed by atoms with E-state index >= 15 is 0 Å². The minimum atomic E-state index is -0.0495. The van der Waals surface area contributed by atoms with Crippen LogP contribution in [0.4, 0.5) is 0 Å². The van der Waals surface area contributed by atoms with Crippen molar-refractivity contribution in [1.29, 1.82) is 0 Å². The molecule has 3 aromatic rings. The van der Waals surface area contributed by atoms with Crippen LogP contribution in [0, 0.1) is 12.8 Å². The predicted molar refractivity (Wildman–Crippen MR) is 92.1 cm³/mol. The van der Waals surface area contributed by atoms with Crippen molar-refractivity contribution in [1.82, 2.24) is 14.5 Å². The molecule has 0 saturated carbocycles. The van der Waals surface area contributed by atoms with Gasteiger partial charge in [-0.15, -0.1) is 11.3 Å². The second-order valence-corrected chi connectivity index (χ2v) is 7.09. The Morgan fingerprint density at radius 3 is 2.88 bits per heavy atom. The van der Waals surface area contributed by atoms with Crippen molar-refractivity contribution in [2.45, 2.75) is 20.4 Å². The molecule has 124 valence electrons. The van der Waals surface area contributed by atoms with Crippen molar-refractivity contribution in [3.63, 3.8) is 0 Å². The number of amides is 1. The number of hydrogen-bond acceptors (Lipinski definition) is 5. The number of aromatic nitrogens is 2. The van der Waals surface area contributed by atoms with E-state index in [-0.39, 0.29) is 11.5 Å². The Bertz CT molecular complexity index is 979. The fraction of sp³-hybridized carbons (Fsp3) is 0.353. The van der Waals surface area contributed by atoms with Crippen LogP contribution in [0.5, 0.6) is 0 Å². The van der Waals surface area contributed by atoms with Crippen LogP contribution in [0.25, 0.3) is 21.5 Å². The summed E-state index contributed by atoms with van der Waals surface area (Å²) >= 11 is 1.45. The summed E-state index contributed by atoms with van der Waals surface area (Å²) in [5.41, 5.74) is 0.750. The Morgan fingerprint density at radius 2 is 2.21 bits per heavy atom. The minimum Gasteiger partial charge on any atom is -0.461 e. The first-order chi connectivity index (χ1) is 11.5. The number of likely N-dealkylation sites (tertiary alicyclic amines) is 1. The van der Waals surface area contributed by atoms with Gasteiger partial charge in [0.05, 0.1) is 11.7 Å². The van der Waals surface area contributed by atoms with Crippen LogP contribution in [-0.4, -0.2) is 33.4 Å². The molecule has 0 unspecified atom stereocenters. The summed E-state index contributed by atoms with van der Waals surface area (Å²) < 4.78 is 7.32. The molecule has 1 aliphatic heterocycles. The van der Waals surface area contributed by atoms with Crippen molar-refractivity contribution in [2.24, 2.45) is 5.92 Å². The van der Waals surface area contributed by atoms with Gasteiger partial charge in [0.25, 0.3) is 5.56 Å². The highest BCUT2D eigenvalue weighted by Gasteiger charge is 2.29. The van der Waals surface area contributed by atoms with Crippen LogP contribution in [0.3, 0.4) is 0 Å². The molecule has 7 heteroatoms. The van der Waals surface area contributed by atoms with Gasteiger partial charge in [0.1, 0.15) is 16.4 Å².